The number of carbonyl (C=O) groups excluding carboxylic acids is 1. The molecule has 4 fully saturated rings. The summed E-state index contributed by atoms with van der Waals surface area (Å²) in [5.74, 6) is -0.931. The second kappa shape index (κ2) is 19.1. The van der Waals surface area contributed by atoms with E-state index in [2.05, 4.69) is 163 Å². The molecular formula is C55H74O9Si2. The lowest BCUT2D eigenvalue weighted by Crippen LogP contribution is -2.73. The molecule has 4 aliphatic heterocycles. The third-order valence-corrected chi connectivity index (χ3v) is 24.2. The summed E-state index contributed by atoms with van der Waals surface area (Å²) in [4.78, 5) is 12.9. The van der Waals surface area contributed by atoms with E-state index >= 15 is 0 Å². The maximum atomic E-state index is 12.9. The van der Waals surface area contributed by atoms with Crippen LogP contribution in [0.2, 0.25) is 10.1 Å². The molecule has 0 N–H and O–H groups in total. The molecule has 8 rings (SSSR count). The molecule has 0 radical (unpaired) electrons. The maximum absolute atomic E-state index is 12.9. The Hall–Kier alpha value is -3.50. The van der Waals surface area contributed by atoms with Gasteiger partial charge in [-0.3, -0.25) is 4.79 Å². The van der Waals surface area contributed by atoms with Crippen molar-refractivity contribution < 1.29 is 42.1 Å². The van der Waals surface area contributed by atoms with Crippen LogP contribution in [0, 0.1) is 5.41 Å². The molecule has 356 valence electrons. The zero-order valence-electron chi connectivity index (χ0n) is 41.2. The molecule has 0 bridgehead atoms. The largest absolute Gasteiger partial charge is 0.465 e. The van der Waals surface area contributed by atoms with Gasteiger partial charge in [0.15, 0.2) is 5.79 Å². The van der Waals surface area contributed by atoms with Crippen molar-refractivity contribution in [3.8, 4) is 0 Å². The van der Waals surface area contributed by atoms with Gasteiger partial charge in [0, 0.05) is 12.8 Å². The lowest BCUT2D eigenvalue weighted by atomic mass is 9.88. The number of rotatable bonds is 13. The normalized spacial score (nSPS) is 28.1. The molecule has 11 heteroatoms. The van der Waals surface area contributed by atoms with E-state index in [9.17, 15) is 4.79 Å². The van der Waals surface area contributed by atoms with Crippen LogP contribution >= 0.6 is 0 Å². The van der Waals surface area contributed by atoms with Gasteiger partial charge in [0.05, 0.1) is 43.0 Å². The Morgan fingerprint density at radius 3 is 1.47 bits per heavy atom. The number of benzene rings is 4. The van der Waals surface area contributed by atoms with Crippen molar-refractivity contribution in [1.29, 1.82) is 0 Å². The lowest BCUT2D eigenvalue weighted by Gasteiger charge is -2.53. The van der Waals surface area contributed by atoms with E-state index in [1.54, 1.807) is 0 Å². The summed E-state index contributed by atoms with van der Waals surface area (Å²) >= 11 is 0. The minimum atomic E-state index is -3.20. The van der Waals surface area contributed by atoms with Gasteiger partial charge in [-0.25, -0.2) is 0 Å². The van der Waals surface area contributed by atoms with Crippen LogP contribution in [0.5, 0.6) is 0 Å². The van der Waals surface area contributed by atoms with Gasteiger partial charge in [0.25, 0.3) is 16.6 Å². The highest BCUT2D eigenvalue weighted by Crippen LogP contribution is 2.49. The Morgan fingerprint density at radius 1 is 0.591 bits per heavy atom. The molecule has 0 amide bonds. The minimum Gasteiger partial charge on any atom is -0.465 e. The second-order valence-electron chi connectivity index (χ2n) is 22.4. The van der Waals surface area contributed by atoms with Crippen molar-refractivity contribution in [2.75, 3.05) is 13.2 Å². The average Bonchev–Trinajstić information content (AvgIpc) is 3.80. The first-order chi connectivity index (χ1) is 31.2. The monoisotopic (exact) mass is 934 g/mol. The molecule has 4 saturated heterocycles. The van der Waals surface area contributed by atoms with E-state index in [4.69, 9.17) is 37.3 Å². The predicted molar refractivity (Wildman–Crippen MR) is 265 cm³/mol. The number of fused-ring (bicyclic) bond motifs is 2. The fourth-order valence-electron chi connectivity index (χ4n) is 11.0. The number of carbonyl (C=O) groups is 1. The van der Waals surface area contributed by atoms with Crippen LogP contribution in [0.3, 0.4) is 0 Å². The summed E-state index contributed by atoms with van der Waals surface area (Å²) in [7, 11) is -6.35. The van der Waals surface area contributed by atoms with E-state index in [1.165, 1.54) is 20.7 Å². The fourth-order valence-corrected chi connectivity index (χ4v) is 20.4. The van der Waals surface area contributed by atoms with Gasteiger partial charge in [-0.2, -0.15) is 0 Å². The standard InChI is InChI=1S/C55H74O9Si2/c1-52(2,3)51(56)57-35-34-38-32-33-44-46(59-38)50(64-66(54(7,8)9,42-28-20-14-21-29-42)43-30-22-15-23-31-43)49-48(60-44)47(45(61-49)36-39-37-58-55(10,11)62-39)63-65(53(4,5)6,40-24-16-12-17-25-40)41-26-18-13-19-27-41/h12-31,38-39,44-50H,32-37H2,1-11H3/t38-,39?,44+,45-,46+,47+,48+,49?,50+/m1/s1. The Balaban J connectivity index is 1.27. The maximum Gasteiger partial charge on any atom is 0.311 e. The third-order valence-electron chi connectivity index (χ3n) is 14.1. The van der Waals surface area contributed by atoms with Crippen molar-refractivity contribution in [3.63, 3.8) is 0 Å². The van der Waals surface area contributed by atoms with Gasteiger partial charge in [-0.1, -0.05) is 163 Å². The third kappa shape index (κ3) is 9.71. The first-order valence-electron chi connectivity index (χ1n) is 24.3. The summed E-state index contributed by atoms with van der Waals surface area (Å²) in [5, 5.41) is 4.12. The van der Waals surface area contributed by atoms with Crippen molar-refractivity contribution in [2.45, 2.75) is 173 Å². The van der Waals surface area contributed by atoms with Gasteiger partial charge in [0.2, 0.25) is 0 Å². The molecule has 2 unspecified atom stereocenters. The summed E-state index contributed by atoms with van der Waals surface area (Å²) in [6.07, 6.45) is -1.07. The molecular weight excluding hydrogens is 861 g/mol. The molecule has 0 aliphatic carbocycles. The lowest BCUT2D eigenvalue weighted by molar-refractivity contribution is -0.256. The smallest absolute Gasteiger partial charge is 0.311 e. The first-order valence-corrected chi connectivity index (χ1v) is 28.1. The van der Waals surface area contributed by atoms with Gasteiger partial charge in [0.1, 0.15) is 30.5 Å². The van der Waals surface area contributed by atoms with Crippen molar-refractivity contribution in [2.24, 2.45) is 5.41 Å². The van der Waals surface area contributed by atoms with Crippen LogP contribution in [0.15, 0.2) is 121 Å². The van der Waals surface area contributed by atoms with E-state index in [1.807, 2.05) is 34.6 Å². The molecule has 66 heavy (non-hydrogen) atoms. The summed E-state index contributed by atoms with van der Waals surface area (Å²) in [6, 6.07) is 43.2. The van der Waals surface area contributed by atoms with Gasteiger partial charge in [-0.15, -0.1) is 0 Å². The molecule has 4 aromatic rings. The van der Waals surface area contributed by atoms with Crippen molar-refractivity contribution in [3.05, 3.63) is 121 Å². The minimum absolute atomic E-state index is 0.169. The fraction of sp³-hybridized carbons (Fsp3) is 0.545. The molecule has 0 aromatic heterocycles. The Labute approximate surface area is 396 Å². The first kappa shape index (κ1) is 48.9. The SMILES string of the molecule is CC1(C)OCC(C[C@H]2OC3[C@@H](O[C@H]4CC[C@H](CCOC(=O)C(C)(C)C)O[C@@H]4[C@@H]3O[Si](c3ccccc3)(c3ccccc3)C(C)(C)C)[C@H]2O[Si](c2ccccc2)(c2ccccc2)C(C)(C)C)O1. The average molecular weight is 935 g/mol. The highest BCUT2D eigenvalue weighted by molar-refractivity contribution is 7.00. The van der Waals surface area contributed by atoms with E-state index in [0.29, 0.717) is 19.4 Å². The molecule has 4 aromatic carbocycles. The van der Waals surface area contributed by atoms with E-state index in [-0.39, 0.29) is 41.0 Å². The Morgan fingerprint density at radius 2 is 1.05 bits per heavy atom. The van der Waals surface area contributed by atoms with Crippen LogP contribution < -0.4 is 20.7 Å². The van der Waals surface area contributed by atoms with Crippen molar-refractivity contribution in [1.82, 2.24) is 0 Å². The van der Waals surface area contributed by atoms with E-state index in [0.717, 1.165) is 12.8 Å². The molecule has 4 aliphatic rings. The van der Waals surface area contributed by atoms with Gasteiger partial charge >= 0.3 is 5.97 Å². The summed E-state index contributed by atoms with van der Waals surface area (Å²) in [5.41, 5.74) is -0.589. The number of hydrogen-bond acceptors (Lipinski definition) is 9. The van der Waals surface area contributed by atoms with Crippen LogP contribution in [0.1, 0.15) is 102 Å². The van der Waals surface area contributed by atoms with Gasteiger partial charge < -0.3 is 37.3 Å². The van der Waals surface area contributed by atoms with Gasteiger partial charge in [-0.05, 0) is 78.3 Å². The van der Waals surface area contributed by atoms with Crippen LogP contribution in [0.4, 0.5) is 0 Å². The molecule has 0 saturated carbocycles. The Kier molecular flexibility index (Phi) is 14.2. The van der Waals surface area contributed by atoms with Crippen molar-refractivity contribution >= 4 is 43.4 Å². The quantitative estimate of drug-likeness (QED) is 0.0968. The number of esters is 1. The predicted octanol–water partition coefficient (Wildman–Crippen LogP) is 8.48. The van der Waals surface area contributed by atoms with E-state index < -0.39 is 64.5 Å². The second-order valence-corrected chi connectivity index (χ2v) is 30.9. The molecule has 9 nitrogen and oxygen atoms in total. The number of hydrogen-bond donors (Lipinski definition) is 0. The molecule has 0 spiro atoms. The zero-order chi connectivity index (χ0) is 47.1. The van der Waals surface area contributed by atoms with Crippen LogP contribution in [-0.2, 0) is 42.1 Å². The summed E-state index contributed by atoms with van der Waals surface area (Å²) < 4.78 is 57.3. The molecule has 9 atom stereocenters. The Bertz CT molecular complexity index is 2120. The highest BCUT2D eigenvalue weighted by atomic mass is 28.4. The topological polar surface area (TPSA) is 90.9 Å². The van der Waals surface area contributed by atoms with Crippen LogP contribution in [-0.4, -0.2) is 96.5 Å². The highest BCUT2D eigenvalue weighted by Gasteiger charge is 2.65. The summed E-state index contributed by atoms with van der Waals surface area (Å²) in [6.45, 7) is 24.2. The molecule has 4 heterocycles. The number of ether oxygens (including phenoxy) is 6. The van der Waals surface area contributed by atoms with Crippen LogP contribution in [0.25, 0.3) is 0 Å². The zero-order valence-corrected chi connectivity index (χ0v) is 43.2.